The Morgan fingerprint density at radius 3 is 2.34 bits per heavy atom. The number of nitrogens with one attached hydrogen (secondary N) is 1. The maximum Gasteiger partial charge on any atom is 0.416 e. The number of nitrogens with zero attached hydrogens (tertiary/aromatic N) is 3. The van der Waals surface area contributed by atoms with E-state index in [4.69, 9.17) is 4.74 Å². The van der Waals surface area contributed by atoms with Gasteiger partial charge in [-0.05, 0) is 62.5 Å². The van der Waals surface area contributed by atoms with Crippen molar-refractivity contribution >= 4 is 17.7 Å². The van der Waals surface area contributed by atoms with Crippen molar-refractivity contribution in [3.05, 3.63) is 90.1 Å². The Hall–Kier alpha value is -3.71. The molecule has 2 aromatic carbocycles. The zero-order chi connectivity index (χ0) is 24.5. The third kappa shape index (κ3) is 7.39. The fourth-order valence-corrected chi connectivity index (χ4v) is 4.24. The predicted molar refractivity (Wildman–Crippen MR) is 136 cm³/mol. The lowest BCUT2D eigenvalue weighted by Crippen LogP contribution is -2.40. The quantitative estimate of drug-likeness (QED) is 0.496. The molecule has 0 unspecified atom stereocenters. The number of likely N-dealkylation sites (tertiary alicyclic amines) is 1. The van der Waals surface area contributed by atoms with E-state index < -0.39 is 0 Å². The summed E-state index contributed by atoms with van der Waals surface area (Å²) in [6.45, 7) is 3.38. The summed E-state index contributed by atoms with van der Waals surface area (Å²) < 4.78 is 5.45. The van der Waals surface area contributed by atoms with Crippen molar-refractivity contribution in [3.63, 3.8) is 0 Å². The molecule has 3 aromatic rings. The number of hydrogen-bond acceptors (Lipinski definition) is 5. The van der Waals surface area contributed by atoms with Gasteiger partial charge >= 0.3 is 6.09 Å². The van der Waals surface area contributed by atoms with Crippen molar-refractivity contribution in [1.82, 2.24) is 14.8 Å². The summed E-state index contributed by atoms with van der Waals surface area (Å²) in [6, 6.07) is 22.7. The van der Waals surface area contributed by atoms with Gasteiger partial charge < -0.3 is 19.9 Å². The Balaban J connectivity index is 1.17. The van der Waals surface area contributed by atoms with Crippen molar-refractivity contribution in [2.75, 3.05) is 32.0 Å². The lowest BCUT2D eigenvalue weighted by atomic mass is 9.93. The number of pyridine rings is 1. The Kier molecular flexibility index (Phi) is 8.46. The number of ether oxygens (including phenoxy) is 1. The first-order valence-electron chi connectivity index (χ1n) is 12.1. The largest absolute Gasteiger partial charge is 0.416 e. The normalized spacial score (nSPS) is 14.1. The number of amides is 2. The van der Waals surface area contributed by atoms with E-state index in [1.54, 1.807) is 29.2 Å². The van der Waals surface area contributed by atoms with Gasteiger partial charge in [0, 0.05) is 31.3 Å². The van der Waals surface area contributed by atoms with Crippen LogP contribution in [-0.2, 0) is 6.54 Å². The van der Waals surface area contributed by atoms with Crippen LogP contribution in [0.3, 0.4) is 0 Å². The summed E-state index contributed by atoms with van der Waals surface area (Å²) in [5.74, 6) is 0.617. The van der Waals surface area contributed by atoms with Crippen molar-refractivity contribution in [2.45, 2.75) is 25.8 Å². The second-order valence-electron chi connectivity index (χ2n) is 9.02. The Morgan fingerprint density at radius 2 is 1.69 bits per heavy atom. The smallest absolute Gasteiger partial charge is 0.391 e. The third-order valence-corrected chi connectivity index (χ3v) is 6.31. The van der Waals surface area contributed by atoms with Crippen LogP contribution < -0.4 is 10.1 Å². The molecule has 1 aromatic heterocycles. The Bertz CT molecular complexity index is 1080. The second kappa shape index (κ2) is 12.1. The topological polar surface area (TPSA) is 74.8 Å². The van der Waals surface area contributed by atoms with Gasteiger partial charge in [-0.15, -0.1) is 0 Å². The summed E-state index contributed by atoms with van der Waals surface area (Å²) in [6.07, 6.45) is 4.20. The Morgan fingerprint density at radius 1 is 1.00 bits per heavy atom. The van der Waals surface area contributed by atoms with Crippen LogP contribution in [0, 0.1) is 5.92 Å². The highest BCUT2D eigenvalue weighted by molar-refractivity contribution is 6.04. The van der Waals surface area contributed by atoms with E-state index in [1.807, 2.05) is 24.3 Å². The first kappa shape index (κ1) is 24.4. The molecule has 0 bridgehead atoms. The molecule has 1 saturated heterocycles. The maximum absolute atomic E-state index is 12.6. The standard InChI is InChI=1S/C28H32N4O3/c1-31(21-23-8-4-2-5-9-23)17-14-22-15-18-32(19-16-22)28(34)35-26-13-12-25(20-29-26)30-27(33)24-10-6-3-7-11-24/h2-13,20,22H,14-19,21H2,1H3,(H,30,33). The van der Waals surface area contributed by atoms with Gasteiger partial charge in [0.25, 0.3) is 5.91 Å². The minimum atomic E-state index is -0.377. The van der Waals surface area contributed by atoms with Crippen LogP contribution in [0.1, 0.15) is 35.2 Å². The van der Waals surface area contributed by atoms with Gasteiger partial charge in [0.1, 0.15) is 0 Å². The number of hydrogen-bond donors (Lipinski definition) is 1. The molecule has 0 aliphatic carbocycles. The lowest BCUT2D eigenvalue weighted by molar-refractivity contribution is 0.102. The zero-order valence-corrected chi connectivity index (χ0v) is 20.1. The molecule has 0 spiro atoms. The van der Waals surface area contributed by atoms with Crippen molar-refractivity contribution in [1.29, 1.82) is 0 Å². The highest BCUT2D eigenvalue weighted by Gasteiger charge is 2.24. The van der Waals surface area contributed by atoms with Crippen LogP contribution >= 0.6 is 0 Å². The highest BCUT2D eigenvalue weighted by Crippen LogP contribution is 2.22. The van der Waals surface area contributed by atoms with E-state index in [9.17, 15) is 9.59 Å². The average Bonchev–Trinajstić information content (AvgIpc) is 2.90. The van der Waals surface area contributed by atoms with Crippen LogP contribution in [0.15, 0.2) is 79.0 Å². The van der Waals surface area contributed by atoms with Gasteiger partial charge in [0.05, 0.1) is 11.9 Å². The third-order valence-electron chi connectivity index (χ3n) is 6.31. The SMILES string of the molecule is CN(CCC1CCN(C(=O)Oc2ccc(NC(=O)c3ccccc3)cn2)CC1)Cc1ccccc1. The molecule has 7 nitrogen and oxygen atoms in total. The number of carbonyl (C=O) groups is 2. The fourth-order valence-electron chi connectivity index (χ4n) is 4.24. The van der Waals surface area contributed by atoms with Gasteiger partial charge in [-0.2, -0.15) is 0 Å². The van der Waals surface area contributed by atoms with Gasteiger partial charge in [-0.25, -0.2) is 9.78 Å². The molecule has 1 aliphatic rings. The van der Waals surface area contributed by atoms with Gasteiger partial charge in [-0.3, -0.25) is 4.79 Å². The van der Waals surface area contributed by atoms with E-state index in [-0.39, 0.29) is 17.9 Å². The molecule has 35 heavy (non-hydrogen) atoms. The minimum absolute atomic E-state index is 0.216. The molecule has 4 rings (SSSR count). The van der Waals surface area contributed by atoms with Crippen molar-refractivity contribution in [2.24, 2.45) is 5.92 Å². The van der Waals surface area contributed by atoms with E-state index >= 15 is 0 Å². The molecule has 0 radical (unpaired) electrons. The first-order valence-corrected chi connectivity index (χ1v) is 12.1. The number of carbonyl (C=O) groups excluding carboxylic acids is 2. The molecule has 0 atom stereocenters. The average molecular weight is 473 g/mol. The zero-order valence-electron chi connectivity index (χ0n) is 20.1. The van der Waals surface area contributed by atoms with Gasteiger partial charge in [0.2, 0.25) is 5.88 Å². The van der Waals surface area contributed by atoms with E-state index in [0.717, 1.165) is 32.4 Å². The van der Waals surface area contributed by atoms with Crippen LogP contribution in [0.4, 0.5) is 10.5 Å². The van der Waals surface area contributed by atoms with Crippen LogP contribution in [0.2, 0.25) is 0 Å². The summed E-state index contributed by atoms with van der Waals surface area (Å²) in [5.41, 5.74) is 2.43. The number of anilines is 1. The molecule has 7 heteroatoms. The van der Waals surface area contributed by atoms with Crippen LogP contribution in [0.5, 0.6) is 5.88 Å². The van der Waals surface area contributed by atoms with E-state index in [1.165, 1.54) is 11.8 Å². The molecule has 1 fully saturated rings. The number of rotatable bonds is 8. The van der Waals surface area contributed by atoms with Gasteiger partial charge in [-0.1, -0.05) is 48.5 Å². The van der Waals surface area contributed by atoms with Crippen molar-refractivity contribution < 1.29 is 14.3 Å². The molecule has 1 aliphatic heterocycles. The maximum atomic E-state index is 12.6. The summed E-state index contributed by atoms with van der Waals surface area (Å²) >= 11 is 0. The lowest BCUT2D eigenvalue weighted by Gasteiger charge is -2.32. The predicted octanol–water partition coefficient (Wildman–Crippen LogP) is 5.07. The van der Waals surface area contributed by atoms with Crippen LogP contribution in [0.25, 0.3) is 0 Å². The first-order chi connectivity index (χ1) is 17.1. The van der Waals surface area contributed by atoms with Crippen LogP contribution in [-0.4, -0.2) is 53.5 Å². The summed E-state index contributed by atoms with van der Waals surface area (Å²) in [4.78, 5) is 33.1. The monoisotopic (exact) mass is 472 g/mol. The van der Waals surface area contributed by atoms with E-state index in [0.29, 0.717) is 30.3 Å². The molecular formula is C28H32N4O3. The highest BCUT2D eigenvalue weighted by atomic mass is 16.6. The molecule has 0 saturated carbocycles. The summed E-state index contributed by atoms with van der Waals surface area (Å²) in [5, 5.41) is 2.78. The second-order valence-corrected chi connectivity index (χ2v) is 9.02. The molecule has 1 N–H and O–H groups in total. The number of piperidine rings is 1. The molecule has 182 valence electrons. The number of aromatic nitrogens is 1. The minimum Gasteiger partial charge on any atom is -0.391 e. The fraction of sp³-hybridized carbons (Fsp3) is 0.321. The molecule has 2 heterocycles. The molecular weight excluding hydrogens is 440 g/mol. The van der Waals surface area contributed by atoms with E-state index in [2.05, 4.69) is 46.5 Å². The Labute approximate surface area is 206 Å². The summed E-state index contributed by atoms with van der Waals surface area (Å²) in [7, 11) is 2.16. The molecule has 2 amide bonds. The van der Waals surface area contributed by atoms with Crippen molar-refractivity contribution in [3.8, 4) is 5.88 Å². The number of benzene rings is 2. The van der Waals surface area contributed by atoms with Gasteiger partial charge in [0.15, 0.2) is 0 Å².